The largest absolute Gasteiger partial charge is 0.0853 e. The summed E-state index contributed by atoms with van der Waals surface area (Å²) in [7, 11) is 0. The molecule has 0 radical (unpaired) electrons. The molecule has 0 heterocycles. The van der Waals surface area contributed by atoms with E-state index in [1.165, 1.54) is 12.8 Å². The van der Waals surface area contributed by atoms with Crippen LogP contribution in [0.3, 0.4) is 0 Å². The average molecular weight is 126 g/mol. The first-order valence-corrected chi connectivity index (χ1v) is 3.94. The summed E-state index contributed by atoms with van der Waals surface area (Å²) < 4.78 is 0. The normalized spacial score (nSPS) is 24.4. The Balaban J connectivity index is 0.000000291. The van der Waals surface area contributed by atoms with Crippen LogP contribution in [0.1, 0.15) is 40.5 Å². The van der Waals surface area contributed by atoms with Crippen LogP contribution in [-0.4, -0.2) is 0 Å². The first kappa shape index (κ1) is 8.74. The van der Waals surface area contributed by atoms with E-state index in [0.717, 1.165) is 5.92 Å². The lowest BCUT2D eigenvalue weighted by Crippen LogP contribution is -1.82. The number of hydrogen-bond acceptors (Lipinski definition) is 0. The minimum absolute atomic E-state index is 0.931. The molecule has 0 heteroatoms. The second kappa shape index (κ2) is 4.60. The van der Waals surface area contributed by atoms with Crippen molar-refractivity contribution in [3.8, 4) is 0 Å². The first-order chi connectivity index (χ1) is 4.29. The molecule has 0 saturated carbocycles. The molecule has 1 atom stereocenters. The van der Waals surface area contributed by atoms with Gasteiger partial charge in [-0.25, -0.2) is 0 Å². The molecule has 0 aromatic heterocycles. The topological polar surface area (TPSA) is 0 Å². The third-order valence-corrected chi connectivity index (χ3v) is 1.54. The van der Waals surface area contributed by atoms with Crippen LogP contribution < -0.4 is 0 Å². The molecule has 0 aromatic carbocycles. The molecule has 0 aliphatic heterocycles. The molecule has 1 aliphatic carbocycles. The lowest BCUT2D eigenvalue weighted by Gasteiger charge is -1.95. The van der Waals surface area contributed by atoms with Gasteiger partial charge >= 0.3 is 0 Å². The van der Waals surface area contributed by atoms with Crippen LogP contribution in [0.25, 0.3) is 0 Å². The molecule has 0 saturated heterocycles. The van der Waals surface area contributed by atoms with Crippen LogP contribution in [0.4, 0.5) is 0 Å². The van der Waals surface area contributed by atoms with Crippen molar-refractivity contribution in [2.75, 3.05) is 0 Å². The highest BCUT2D eigenvalue weighted by Crippen LogP contribution is 2.22. The van der Waals surface area contributed by atoms with E-state index >= 15 is 0 Å². The van der Waals surface area contributed by atoms with Crippen molar-refractivity contribution in [3.05, 3.63) is 11.6 Å². The van der Waals surface area contributed by atoms with Crippen LogP contribution in [-0.2, 0) is 0 Å². The molecule has 1 aliphatic rings. The summed E-state index contributed by atoms with van der Waals surface area (Å²) in [6, 6.07) is 0. The van der Waals surface area contributed by atoms with Crippen LogP contribution in [0.15, 0.2) is 11.6 Å². The smallest absolute Gasteiger partial charge is 0.0294 e. The minimum Gasteiger partial charge on any atom is -0.0853 e. The van der Waals surface area contributed by atoms with Gasteiger partial charge in [0.05, 0.1) is 0 Å². The summed E-state index contributed by atoms with van der Waals surface area (Å²) in [5.41, 5.74) is 1.58. The zero-order valence-electron chi connectivity index (χ0n) is 7.07. The maximum atomic E-state index is 2.34. The third kappa shape index (κ3) is 3.34. The summed E-state index contributed by atoms with van der Waals surface area (Å²) in [4.78, 5) is 0. The van der Waals surface area contributed by atoms with Gasteiger partial charge in [-0.3, -0.25) is 0 Å². The molecule has 0 fully saturated rings. The van der Waals surface area contributed by atoms with Gasteiger partial charge in [-0.2, -0.15) is 0 Å². The summed E-state index contributed by atoms with van der Waals surface area (Å²) in [6.07, 6.45) is 4.98. The molecule has 9 heavy (non-hydrogen) atoms. The maximum absolute atomic E-state index is 2.34. The standard InChI is InChI=1S/C7H12.C2H6/c1-6-3-4-7(2)5-6;1-2/h3,7H,4-5H2,1-2H3;1-2H3. The van der Waals surface area contributed by atoms with E-state index in [-0.39, 0.29) is 0 Å². The van der Waals surface area contributed by atoms with E-state index in [2.05, 4.69) is 19.9 Å². The molecular formula is C9H18. The summed E-state index contributed by atoms with van der Waals surface area (Å²) in [5, 5.41) is 0. The Morgan fingerprint density at radius 3 is 2.11 bits per heavy atom. The maximum Gasteiger partial charge on any atom is -0.0294 e. The second-order valence-electron chi connectivity index (χ2n) is 2.60. The molecule has 54 valence electrons. The number of hydrogen-bond donors (Lipinski definition) is 0. The first-order valence-electron chi connectivity index (χ1n) is 3.94. The van der Waals surface area contributed by atoms with E-state index in [0.29, 0.717) is 0 Å². The lowest BCUT2D eigenvalue weighted by molar-refractivity contribution is 0.628. The molecule has 1 unspecified atom stereocenters. The summed E-state index contributed by atoms with van der Waals surface area (Å²) in [6.45, 7) is 8.51. The van der Waals surface area contributed by atoms with Crippen LogP contribution in [0, 0.1) is 5.92 Å². The molecule has 0 amide bonds. The zero-order chi connectivity index (χ0) is 7.28. The van der Waals surface area contributed by atoms with Crippen molar-refractivity contribution < 1.29 is 0 Å². The monoisotopic (exact) mass is 126 g/mol. The molecule has 0 aromatic rings. The Morgan fingerprint density at radius 2 is 2.00 bits per heavy atom. The van der Waals surface area contributed by atoms with Gasteiger partial charge in [0, 0.05) is 0 Å². The predicted molar refractivity (Wildman–Crippen MR) is 43.5 cm³/mol. The van der Waals surface area contributed by atoms with Gasteiger partial charge in [0.25, 0.3) is 0 Å². The Hall–Kier alpha value is -0.260. The fourth-order valence-corrected chi connectivity index (χ4v) is 1.12. The third-order valence-electron chi connectivity index (χ3n) is 1.54. The quantitative estimate of drug-likeness (QED) is 0.436. The highest BCUT2D eigenvalue weighted by atomic mass is 14.1. The SMILES string of the molecule is CC.CC1=CCC(C)C1. The van der Waals surface area contributed by atoms with Crippen molar-refractivity contribution in [2.24, 2.45) is 5.92 Å². The number of allylic oxidation sites excluding steroid dienone is 2. The fourth-order valence-electron chi connectivity index (χ4n) is 1.12. The van der Waals surface area contributed by atoms with Gasteiger partial charge in [0.1, 0.15) is 0 Å². The molecule has 0 bridgehead atoms. The van der Waals surface area contributed by atoms with E-state index in [1.807, 2.05) is 13.8 Å². The minimum atomic E-state index is 0.931. The predicted octanol–water partition coefficient (Wildman–Crippen LogP) is 3.39. The summed E-state index contributed by atoms with van der Waals surface area (Å²) >= 11 is 0. The highest BCUT2D eigenvalue weighted by Gasteiger charge is 2.06. The van der Waals surface area contributed by atoms with Gasteiger partial charge in [-0.15, -0.1) is 0 Å². The van der Waals surface area contributed by atoms with Gasteiger partial charge in [-0.1, -0.05) is 32.4 Å². The van der Waals surface area contributed by atoms with Gasteiger partial charge < -0.3 is 0 Å². The van der Waals surface area contributed by atoms with Crippen molar-refractivity contribution in [1.29, 1.82) is 0 Å². The van der Waals surface area contributed by atoms with Crippen molar-refractivity contribution in [2.45, 2.75) is 40.5 Å². The van der Waals surface area contributed by atoms with Crippen molar-refractivity contribution in [3.63, 3.8) is 0 Å². The van der Waals surface area contributed by atoms with Crippen LogP contribution in [0.2, 0.25) is 0 Å². The zero-order valence-corrected chi connectivity index (χ0v) is 7.07. The van der Waals surface area contributed by atoms with E-state index < -0.39 is 0 Å². The van der Waals surface area contributed by atoms with Gasteiger partial charge in [-0.05, 0) is 25.7 Å². The van der Waals surface area contributed by atoms with Crippen LogP contribution >= 0.6 is 0 Å². The Labute approximate surface area is 59.0 Å². The molecule has 0 spiro atoms. The van der Waals surface area contributed by atoms with Crippen molar-refractivity contribution in [1.82, 2.24) is 0 Å². The fraction of sp³-hybridized carbons (Fsp3) is 0.778. The molecule has 0 nitrogen and oxygen atoms in total. The van der Waals surface area contributed by atoms with E-state index in [9.17, 15) is 0 Å². The average Bonchev–Trinajstić information content (AvgIpc) is 2.20. The van der Waals surface area contributed by atoms with Gasteiger partial charge in [0.15, 0.2) is 0 Å². The van der Waals surface area contributed by atoms with Crippen molar-refractivity contribution >= 4 is 0 Å². The van der Waals surface area contributed by atoms with Gasteiger partial charge in [0.2, 0.25) is 0 Å². The van der Waals surface area contributed by atoms with E-state index in [1.54, 1.807) is 5.57 Å². The Morgan fingerprint density at radius 1 is 1.44 bits per heavy atom. The molecule has 1 rings (SSSR count). The Bertz CT molecular complexity index is 90.2. The second-order valence-corrected chi connectivity index (χ2v) is 2.60. The number of rotatable bonds is 0. The summed E-state index contributed by atoms with van der Waals surface area (Å²) in [5.74, 6) is 0.931. The molecule has 0 N–H and O–H groups in total. The van der Waals surface area contributed by atoms with Crippen LogP contribution in [0.5, 0.6) is 0 Å². The van der Waals surface area contributed by atoms with E-state index in [4.69, 9.17) is 0 Å². The molecular weight excluding hydrogens is 108 g/mol. The Kier molecular flexibility index (Phi) is 4.47. The highest BCUT2D eigenvalue weighted by molar-refractivity contribution is 5.05. The lowest BCUT2D eigenvalue weighted by atomic mass is 10.1.